The van der Waals surface area contributed by atoms with Gasteiger partial charge in [0, 0.05) is 11.1 Å². The Morgan fingerprint density at radius 3 is 2.17 bits per heavy atom. The number of hydrogen-bond donors (Lipinski definition) is 0. The van der Waals surface area contributed by atoms with Crippen LogP contribution in [-0.2, 0) is 10.0 Å². The van der Waals surface area contributed by atoms with Crippen LogP contribution in [0.15, 0.2) is 65.6 Å². The number of sulfonamides is 1. The lowest BCUT2D eigenvalue weighted by Gasteiger charge is -2.32. The van der Waals surface area contributed by atoms with Crippen molar-refractivity contribution in [2.45, 2.75) is 24.8 Å². The smallest absolute Gasteiger partial charge is 0.256 e. The zero-order valence-electron chi connectivity index (χ0n) is 16.1. The van der Waals surface area contributed by atoms with E-state index >= 15 is 0 Å². The molecule has 0 aromatic heterocycles. The van der Waals surface area contributed by atoms with Gasteiger partial charge in [0.1, 0.15) is 17.5 Å². The molecule has 1 radical (unpaired) electrons. The molecule has 0 amide bonds. The van der Waals surface area contributed by atoms with Crippen molar-refractivity contribution in [3.05, 3.63) is 101 Å². The number of nitrogens with zero attached hydrogens (tertiary/aromatic N) is 1. The standard InChI is InChI=1S/C22H18ClF3NO2S/c1-3-15-12-17(24)6-10-20(15)14(2)27(22-13-18(25)7-11-21(22)26)30(28,29)19-8-4-16(23)5-9-19/h3-14H,1-2H3/t14-/m1/s1. The van der Waals surface area contributed by atoms with E-state index < -0.39 is 39.2 Å². The topological polar surface area (TPSA) is 37.4 Å². The number of benzene rings is 3. The lowest BCUT2D eigenvalue weighted by Crippen LogP contribution is -2.35. The fourth-order valence-electron chi connectivity index (χ4n) is 3.22. The molecule has 0 aliphatic carbocycles. The van der Waals surface area contributed by atoms with Crippen LogP contribution in [0, 0.1) is 23.9 Å². The second-order valence-corrected chi connectivity index (χ2v) is 8.84. The molecule has 0 saturated heterocycles. The van der Waals surface area contributed by atoms with Crippen molar-refractivity contribution in [1.29, 1.82) is 0 Å². The van der Waals surface area contributed by atoms with Crippen LogP contribution in [0.1, 0.15) is 31.0 Å². The molecular formula is C22H18ClF3NO2S. The summed E-state index contributed by atoms with van der Waals surface area (Å²) in [6.45, 7) is 3.20. The molecule has 3 aromatic carbocycles. The molecule has 0 saturated carbocycles. The van der Waals surface area contributed by atoms with Crippen LogP contribution in [0.2, 0.25) is 5.02 Å². The van der Waals surface area contributed by atoms with E-state index in [1.807, 2.05) is 0 Å². The Bertz CT molecular complexity index is 1170. The molecule has 0 bridgehead atoms. The molecule has 3 aromatic rings. The highest BCUT2D eigenvalue weighted by Gasteiger charge is 2.33. The molecule has 0 aliphatic heterocycles. The van der Waals surface area contributed by atoms with E-state index in [4.69, 9.17) is 11.6 Å². The third-order valence-corrected chi connectivity index (χ3v) is 6.83. The molecule has 3 nitrogen and oxygen atoms in total. The maximum absolute atomic E-state index is 14.7. The van der Waals surface area contributed by atoms with E-state index in [1.54, 1.807) is 13.3 Å². The Labute approximate surface area is 178 Å². The van der Waals surface area contributed by atoms with E-state index in [1.165, 1.54) is 49.4 Å². The zero-order chi connectivity index (χ0) is 22.1. The van der Waals surface area contributed by atoms with Crippen molar-refractivity contribution >= 4 is 27.3 Å². The second kappa shape index (κ2) is 8.70. The molecule has 0 fully saturated rings. The minimum Gasteiger partial charge on any atom is -0.256 e. The lowest BCUT2D eigenvalue weighted by molar-refractivity contribution is 0.569. The van der Waals surface area contributed by atoms with Gasteiger partial charge in [-0.25, -0.2) is 21.6 Å². The van der Waals surface area contributed by atoms with Crippen LogP contribution in [0.5, 0.6) is 0 Å². The molecule has 0 spiro atoms. The third-order valence-electron chi connectivity index (χ3n) is 4.68. The number of rotatable bonds is 6. The van der Waals surface area contributed by atoms with E-state index in [9.17, 15) is 21.6 Å². The summed E-state index contributed by atoms with van der Waals surface area (Å²) in [5.74, 6) is -2.20. The van der Waals surface area contributed by atoms with Gasteiger partial charge in [-0.3, -0.25) is 4.31 Å². The van der Waals surface area contributed by atoms with Crippen molar-refractivity contribution < 1.29 is 21.6 Å². The first-order valence-corrected chi connectivity index (χ1v) is 10.8. The first-order valence-electron chi connectivity index (χ1n) is 8.99. The Hall–Kier alpha value is -2.51. The molecule has 0 aliphatic rings. The maximum atomic E-state index is 14.7. The highest BCUT2D eigenvalue weighted by atomic mass is 35.5. The monoisotopic (exact) mass is 452 g/mol. The summed E-state index contributed by atoms with van der Waals surface area (Å²) in [4.78, 5) is -0.147. The van der Waals surface area contributed by atoms with Gasteiger partial charge in [0.2, 0.25) is 0 Å². The Morgan fingerprint density at radius 2 is 1.53 bits per heavy atom. The predicted octanol–water partition coefficient (Wildman–Crippen LogP) is 6.29. The molecule has 0 N–H and O–H groups in total. The first kappa shape index (κ1) is 22.2. The van der Waals surface area contributed by atoms with E-state index in [-0.39, 0.29) is 4.90 Å². The fraction of sp³-hybridized carbons (Fsp3) is 0.136. The van der Waals surface area contributed by atoms with E-state index in [2.05, 4.69) is 0 Å². The molecule has 3 rings (SSSR count). The SMILES string of the molecule is C[CH]c1cc(F)ccc1[C@@H](C)N(c1cc(F)ccc1F)S(=O)(=O)c1ccc(Cl)cc1. The highest BCUT2D eigenvalue weighted by Crippen LogP contribution is 2.37. The van der Waals surface area contributed by atoms with Gasteiger partial charge < -0.3 is 0 Å². The van der Waals surface area contributed by atoms with Crippen molar-refractivity contribution in [2.75, 3.05) is 4.31 Å². The van der Waals surface area contributed by atoms with Crippen LogP contribution in [0.25, 0.3) is 0 Å². The van der Waals surface area contributed by atoms with Gasteiger partial charge in [-0.2, -0.15) is 0 Å². The lowest BCUT2D eigenvalue weighted by atomic mass is 9.99. The fourth-order valence-corrected chi connectivity index (χ4v) is 4.99. The van der Waals surface area contributed by atoms with Gasteiger partial charge in [-0.05, 0) is 73.0 Å². The Balaban J connectivity index is 2.25. The summed E-state index contributed by atoms with van der Waals surface area (Å²) in [6.07, 6.45) is 1.62. The van der Waals surface area contributed by atoms with Crippen LogP contribution in [0.4, 0.5) is 18.9 Å². The molecule has 0 heterocycles. The van der Waals surface area contributed by atoms with Crippen LogP contribution in [-0.4, -0.2) is 8.42 Å². The summed E-state index contributed by atoms with van der Waals surface area (Å²) in [5, 5.41) is 0.326. The molecule has 30 heavy (non-hydrogen) atoms. The average molecular weight is 453 g/mol. The van der Waals surface area contributed by atoms with Crippen molar-refractivity contribution in [3.63, 3.8) is 0 Å². The van der Waals surface area contributed by atoms with Gasteiger partial charge in [0.25, 0.3) is 10.0 Å². The van der Waals surface area contributed by atoms with Crippen molar-refractivity contribution in [3.8, 4) is 0 Å². The molecule has 0 unspecified atom stereocenters. The molecular weight excluding hydrogens is 435 g/mol. The maximum Gasteiger partial charge on any atom is 0.264 e. The van der Waals surface area contributed by atoms with Crippen LogP contribution < -0.4 is 4.31 Å². The summed E-state index contributed by atoms with van der Waals surface area (Å²) in [6, 6.07) is 10.8. The first-order chi connectivity index (χ1) is 14.1. The zero-order valence-corrected chi connectivity index (χ0v) is 17.7. The van der Waals surface area contributed by atoms with Crippen LogP contribution in [0.3, 0.4) is 0 Å². The summed E-state index contributed by atoms with van der Waals surface area (Å²) in [7, 11) is -4.33. The minimum atomic E-state index is -4.33. The number of hydrogen-bond acceptors (Lipinski definition) is 2. The normalized spacial score (nSPS) is 12.6. The average Bonchev–Trinajstić information content (AvgIpc) is 2.70. The van der Waals surface area contributed by atoms with Crippen molar-refractivity contribution in [1.82, 2.24) is 0 Å². The van der Waals surface area contributed by atoms with Crippen LogP contribution >= 0.6 is 11.6 Å². The molecule has 1 atom stereocenters. The third kappa shape index (κ3) is 4.32. The highest BCUT2D eigenvalue weighted by molar-refractivity contribution is 7.92. The Kier molecular flexibility index (Phi) is 6.43. The number of halogens is 4. The van der Waals surface area contributed by atoms with E-state index in [0.29, 0.717) is 16.1 Å². The largest absolute Gasteiger partial charge is 0.264 e. The van der Waals surface area contributed by atoms with Crippen molar-refractivity contribution in [2.24, 2.45) is 0 Å². The summed E-state index contributed by atoms with van der Waals surface area (Å²) < 4.78 is 70.1. The van der Waals surface area contributed by atoms with Gasteiger partial charge in [0.05, 0.1) is 16.6 Å². The van der Waals surface area contributed by atoms with Gasteiger partial charge >= 0.3 is 0 Å². The van der Waals surface area contributed by atoms with Gasteiger partial charge in [-0.1, -0.05) is 24.6 Å². The predicted molar refractivity (Wildman–Crippen MR) is 111 cm³/mol. The second-order valence-electron chi connectivity index (χ2n) is 6.59. The number of anilines is 1. The van der Waals surface area contributed by atoms with Gasteiger partial charge in [0.15, 0.2) is 0 Å². The van der Waals surface area contributed by atoms with E-state index in [0.717, 1.165) is 22.5 Å². The Morgan fingerprint density at radius 1 is 0.933 bits per heavy atom. The summed E-state index contributed by atoms with van der Waals surface area (Å²) in [5.41, 5.74) is 0.416. The molecule has 157 valence electrons. The quantitative estimate of drug-likeness (QED) is 0.441. The minimum absolute atomic E-state index is 0.147. The summed E-state index contributed by atoms with van der Waals surface area (Å²) >= 11 is 5.86. The van der Waals surface area contributed by atoms with Gasteiger partial charge in [-0.15, -0.1) is 0 Å². The molecule has 8 heteroatoms.